The fourth-order valence-electron chi connectivity index (χ4n) is 1.85. The molecule has 6 heteroatoms. The standard InChI is InChI=1S/C17H28N2O3S/c1-17(2,3)22-16(20)19(4)11-15(10-18)23-12-13-6-8-14(21-5)9-7-13/h6-9,15H,10-12,18H2,1-5H3. The number of carbonyl (C=O) groups is 1. The van der Waals surface area contributed by atoms with Crippen molar-refractivity contribution in [3.63, 3.8) is 0 Å². The van der Waals surface area contributed by atoms with E-state index in [9.17, 15) is 4.79 Å². The molecule has 0 aliphatic heterocycles. The molecule has 0 bridgehead atoms. The van der Waals surface area contributed by atoms with Gasteiger partial charge in [-0.25, -0.2) is 4.79 Å². The molecule has 2 N–H and O–H groups in total. The van der Waals surface area contributed by atoms with Crippen LogP contribution in [0.3, 0.4) is 0 Å². The van der Waals surface area contributed by atoms with E-state index in [1.807, 2.05) is 45.0 Å². The number of ether oxygens (including phenoxy) is 2. The molecule has 0 fully saturated rings. The predicted molar refractivity (Wildman–Crippen MR) is 96.0 cm³/mol. The highest BCUT2D eigenvalue weighted by Gasteiger charge is 2.21. The molecule has 130 valence electrons. The number of thioether (sulfide) groups is 1. The Bertz CT molecular complexity index is 486. The van der Waals surface area contributed by atoms with Crippen molar-refractivity contribution in [3.05, 3.63) is 29.8 Å². The second kappa shape index (κ2) is 9.03. The van der Waals surface area contributed by atoms with Crippen LogP contribution in [0.15, 0.2) is 24.3 Å². The first kappa shape index (κ1) is 19.6. The number of nitrogens with zero attached hydrogens (tertiary/aromatic N) is 1. The van der Waals surface area contributed by atoms with Crippen molar-refractivity contribution < 1.29 is 14.3 Å². The van der Waals surface area contributed by atoms with Crippen molar-refractivity contribution in [3.8, 4) is 5.75 Å². The van der Waals surface area contributed by atoms with E-state index in [-0.39, 0.29) is 11.3 Å². The van der Waals surface area contributed by atoms with E-state index in [0.717, 1.165) is 11.5 Å². The Morgan fingerprint density at radius 3 is 2.39 bits per heavy atom. The number of rotatable bonds is 7. The zero-order chi connectivity index (χ0) is 17.5. The molecule has 23 heavy (non-hydrogen) atoms. The molecular weight excluding hydrogens is 312 g/mol. The van der Waals surface area contributed by atoms with E-state index in [4.69, 9.17) is 15.2 Å². The van der Waals surface area contributed by atoms with Crippen LogP contribution in [0, 0.1) is 0 Å². The van der Waals surface area contributed by atoms with Gasteiger partial charge in [0.25, 0.3) is 0 Å². The van der Waals surface area contributed by atoms with Crippen molar-refractivity contribution in [2.24, 2.45) is 5.73 Å². The molecule has 0 aromatic heterocycles. The van der Waals surface area contributed by atoms with Gasteiger partial charge in [0.2, 0.25) is 0 Å². The fraction of sp³-hybridized carbons (Fsp3) is 0.588. The summed E-state index contributed by atoms with van der Waals surface area (Å²) in [5, 5.41) is 0.162. The van der Waals surface area contributed by atoms with Crippen LogP contribution in [0.25, 0.3) is 0 Å². The lowest BCUT2D eigenvalue weighted by atomic mass is 10.2. The van der Waals surface area contributed by atoms with Gasteiger partial charge in [-0.15, -0.1) is 0 Å². The average molecular weight is 340 g/mol. The van der Waals surface area contributed by atoms with Gasteiger partial charge in [0.05, 0.1) is 7.11 Å². The van der Waals surface area contributed by atoms with Crippen molar-refractivity contribution >= 4 is 17.9 Å². The highest BCUT2D eigenvalue weighted by molar-refractivity contribution is 7.99. The maximum absolute atomic E-state index is 12.0. The number of amides is 1. The summed E-state index contributed by atoms with van der Waals surface area (Å²) in [6.45, 7) is 6.65. The molecule has 0 aliphatic carbocycles. The molecule has 1 aromatic rings. The Kier molecular flexibility index (Phi) is 7.72. The van der Waals surface area contributed by atoms with E-state index in [1.54, 1.807) is 30.8 Å². The van der Waals surface area contributed by atoms with Crippen LogP contribution >= 0.6 is 11.8 Å². The Hall–Kier alpha value is -1.40. The van der Waals surface area contributed by atoms with Crippen LogP contribution in [0.2, 0.25) is 0 Å². The highest BCUT2D eigenvalue weighted by Crippen LogP contribution is 2.21. The normalized spacial score (nSPS) is 12.6. The molecule has 0 radical (unpaired) electrons. The third-order valence-corrected chi connectivity index (χ3v) is 4.40. The molecule has 1 aromatic carbocycles. The summed E-state index contributed by atoms with van der Waals surface area (Å²) in [5.41, 5.74) is 6.56. The Morgan fingerprint density at radius 2 is 1.91 bits per heavy atom. The predicted octanol–water partition coefficient (Wildman–Crippen LogP) is 3.12. The van der Waals surface area contributed by atoms with Crippen LogP contribution < -0.4 is 10.5 Å². The van der Waals surface area contributed by atoms with Gasteiger partial charge < -0.3 is 20.1 Å². The van der Waals surface area contributed by atoms with Gasteiger partial charge >= 0.3 is 6.09 Å². The number of hydrogen-bond donors (Lipinski definition) is 1. The van der Waals surface area contributed by atoms with E-state index in [1.165, 1.54) is 5.56 Å². The van der Waals surface area contributed by atoms with Crippen molar-refractivity contribution in [2.75, 3.05) is 27.2 Å². The summed E-state index contributed by atoms with van der Waals surface area (Å²) in [7, 11) is 3.39. The maximum Gasteiger partial charge on any atom is 0.410 e. The number of carbonyl (C=O) groups excluding carboxylic acids is 1. The van der Waals surface area contributed by atoms with Gasteiger partial charge in [0.1, 0.15) is 11.4 Å². The SMILES string of the molecule is COc1ccc(CSC(CN)CN(C)C(=O)OC(C)(C)C)cc1. The average Bonchev–Trinajstić information content (AvgIpc) is 2.50. The first-order chi connectivity index (χ1) is 10.7. The third-order valence-electron chi connectivity index (χ3n) is 3.09. The van der Waals surface area contributed by atoms with Crippen LogP contribution in [-0.2, 0) is 10.5 Å². The van der Waals surface area contributed by atoms with Gasteiger partial charge in [-0.3, -0.25) is 0 Å². The van der Waals surface area contributed by atoms with Gasteiger partial charge in [0, 0.05) is 31.1 Å². The Labute approximate surface area is 143 Å². The van der Waals surface area contributed by atoms with Gasteiger partial charge in [-0.2, -0.15) is 11.8 Å². The molecule has 1 atom stereocenters. The Morgan fingerprint density at radius 1 is 1.30 bits per heavy atom. The van der Waals surface area contributed by atoms with E-state index in [0.29, 0.717) is 13.1 Å². The molecule has 0 spiro atoms. The topological polar surface area (TPSA) is 64.8 Å². The van der Waals surface area contributed by atoms with Crippen molar-refractivity contribution in [2.45, 2.75) is 37.4 Å². The van der Waals surface area contributed by atoms with Gasteiger partial charge in [0.15, 0.2) is 0 Å². The molecule has 1 amide bonds. The van der Waals surface area contributed by atoms with Crippen LogP contribution in [-0.4, -0.2) is 49.1 Å². The summed E-state index contributed by atoms with van der Waals surface area (Å²) >= 11 is 1.74. The zero-order valence-corrected chi connectivity index (χ0v) is 15.5. The number of benzene rings is 1. The second-order valence-corrected chi connectivity index (χ2v) is 7.67. The maximum atomic E-state index is 12.0. The molecule has 0 aliphatic rings. The summed E-state index contributed by atoms with van der Waals surface area (Å²) in [6, 6.07) is 7.97. The van der Waals surface area contributed by atoms with Crippen molar-refractivity contribution in [1.29, 1.82) is 0 Å². The smallest absolute Gasteiger partial charge is 0.410 e. The molecule has 1 unspecified atom stereocenters. The number of nitrogens with two attached hydrogens (primary N) is 1. The molecular formula is C17H28N2O3S. The molecule has 0 saturated carbocycles. The fourth-order valence-corrected chi connectivity index (χ4v) is 2.94. The first-order valence-electron chi connectivity index (χ1n) is 7.64. The number of hydrogen-bond acceptors (Lipinski definition) is 5. The minimum absolute atomic E-state index is 0.162. The van der Waals surface area contributed by atoms with Crippen molar-refractivity contribution in [1.82, 2.24) is 4.90 Å². The quantitative estimate of drug-likeness (QED) is 0.826. The molecule has 0 saturated heterocycles. The van der Waals surface area contributed by atoms with Crippen LogP contribution in [0.5, 0.6) is 5.75 Å². The largest absolute Gasteiger partial charge is 0.497 e. The van der Waals surface area contributed by atoms with Crippen LogP contribution in [0.4, 0.5) is 4.79 Å². The van der Waals surface area contributed by atoms with E-state index >= 15 is 0 Å². The highest BCUT2D eigenvalue weighted by atomic mass is 32.2. The second-order valence-electron chi connectivity index (χ2n) is 6.38. The summed E-state index contributed by atoms with van der Waals surface area (Å²) < 4.78 is 10.5. The summed E-state index contributed by atoms with van der Waals surface area (Å²) in [4.78, 5) is 13.6. The lowest BCUT2D eigenvalue weighted by Gasteiger charge is -2.27. The van der Waals surface area contributed by atoms with Gasteiger partial charge in [-0.1, -0.05) is 12.1 Å². The minimum Gasteiger partial charge on any atom is -0.497 e. The zero-order valence-electron chi connectivity index (χ0n) is 14.7. The molecule has 1 rings (SSSR count). The van der Waals surface area contributed by atoms with E-state index in [2.05, 4.69) is 0 Å². The lowest BCUT2D eigenvalue weighted by molar-refractivity contribution is 0.0300. The lowest BCUT2D eigenvalue weighted by Crippen LogP contribution is -2.39. The summed E-state index contributed by atoms with van der Waals surface area (Å²) in [5.74, 6) is 1.69. The third kappa shape index (κ3) is 7.61. The minimum atomic E-state index is -0.486. The van der Waals surface area contributed by atoms with Crippen LogP contribution in [0.1, 0.15) is 26.3 Å². The van der Waals surface area contributed by atoms with Gasteiger partial charge in [-0.05, 0) is 38.5 Å². The Balaban J connectivity index is 2.48. The monoisotopic (exact) mass is 340 g/mol. The molecule has 5 nitrogen and oxygen atoms in total. The van der Waals surface area contributed by atoms with E-state index < -0.39 is 5.60 Å². The number of methoxy groups -OCH3 is 1. The molecule has 0 heterocycles. The first-order valence-corrected chi connectivity index (χ1v) is 8.68. The summed E-state index contributed by atoms with van der Waals surface area (Å²) in [6.07, 6.45) is -0.319.